The Hall–Kier alpha value is -1.14. The first kappa shape index (κ1) is 48.9. The number of carbonyl (C=O) groups excluding carboxylic acids is 2. The van der Waals surface area contributed by atoms with Crippen molar-refractivity contribution in [3.63, 3.8) is 0 Å². The van der Waals surface area contributed by atoms with Crippen LogP contribution in [-0.4, -0.2) is 61.4 Å². The van der Waals surface area contributed by atoms with E-state index in [2.05, 4.69) is 39.5 Å². The number of aliphatic hydroxyl groups is 1. The minimum Gasteiger partial charge on any atom is -0.466 e. The molecule has 0 saturated heterocycles. The second-order valence-corrected chi connectivity index (χ2v) is 16.2. The highest BCUT2D eigenvalue weighted by atomic mass is 16.5. The molecule has 0 spiro atoms. The molecule has 0 aromatic rings. The van der Waals surface area contributed by atoms with Crippen molar-refractivity contribution in [1.29, 1.82) is 0 Å². The maximum atomic E-state index is 12.7. The van der Waals surface area contributed by atoms with Gasteiger partial charge in [-0.15, -0.1) is 0 Å². The number of carbonyl (C=O) groups is 2. The molecule has 0 aliphatic carbocycles. The summed E-state index contributed by atoms with van der Waals surface area (Å²) in [6.45, 7) is 15.3. The molecular weight excluding hydrogens is 622 g/mol. The van der Waals surface area contributed by atoms with Crippen molar-refractivity contribution >= 4 is 11.9 Å². The Kier molecular flexibility index (Phi) is 35.4. The third kappa shape index (κ3) is 34.0. The fourth-order valence-corrected chi connectivity index (χ4v) is 6.94. The van der Waals surface area contributed by atoms with Gasteiger partial charge in [-0.05, 0) is 62.9 Å². The summed E-state index contributed by atoms with van der Waals surface area (Å²) in [6, 6.07) is 0. The zero-order chi connectivity index (χ0) is 37.0. The van der Waals surface area contributed by atoms with E-state index in [0.29, 0.717) is 32.0 Å². The molecule has 0 heterocycles. The predicted molar refractivity (Wildman–Crippen MR) is 214 cm³/mol. The van der Waals surface area contributed by atoms with Gasteiger partial charge in [0, 0.05) is 19.4 Å². The van der Waals surface area contributed by atoms with Crippen LogP contribution in [0.2, 0.25) is 0 Å². The summed E-state index contributed by atoms with van der Waals surface area (Å²) in [7, 11) is 0. The van der Waals surface area contributed by atoms with Crippen LogP contribution in [0.1, 0.15) is 221 Å². The molecule has 0 atom stereocenters. The van der Waals surface area contributed by atoms with E-state index in [9.17, 15) is 14.7 Å². The molecule has 0 aliphatic heterocycles. The highest BCUT2D eigenvalue weighted by Crippen LogP contribution is 2.26. The van der Waals surface area contributed by atoms with Crippen molar-refractivity contribution in [2.75, 3.05) is 39.5 Å². The number of unbranched alkanes of at least 4 members (excludes halogenated alkanes) is 18. The molecule has 50 heavy (non-hydrogen) atoms. The van der Waals surface area contributed by atoms with Crippen LogP contribution in [0.5, 0.6) is 0 Å². The van der Waals surface area contributed by atoms with Gasteiger partial charge >= 0.3 is 11.9 Å². The van der Waals surface area contributed by atoms with Gasteiger partial charge in [0.2, 0.25) is 0 Å². The molecule has 1 N–H and O–H groups in total. The summed E-state index contributed by atoms with van der Waals surface area (Å²) in [4.78, 5) is 27.0. The average molecular weight is 710 g/mol. The van der Waals surface area contributed by atoms with Crippen LogP contribution in [-0.2, 0) is 19.1 Å². The fraction of sp³-hybridized carbons (Fsp3) is 0.955. The fourth-order valence-electron chi connectivity index (χ4n) is 6.94. The highest BCUT2D eigenvalue weighted by Gasteiger charge is 2.21. The first-order valence-corrected chi connectivity index (χ1v) is 21.9. The van der Waals surface area contributed by atoms with Crippen molar-refractivity contribution in [2.24, 2.45) is 11.3 Å². The van der Waals surface area contributed by atoms with Gasteiger partial charge in [-0.25, -0.2) is 0 Å². The van der Waals surface area contributed by atoms with Crippen LogP contribution in [0.25, 0.3) is 0 Å². The van der Waals surface area contributed by atoms with Gasteiger partial charge < -0.3 is 19.5 Å². The first-order chi connectivity index (χ1) is 24.3. The van der Waals surface area contributed by atoms with Gasteiger partial charge in [-0.2, -0.15) is 0 Å². The molecule has 0 rings (SSSR count). The van der Waals surface area contributed by atoms with Crippen molar-refractivity contribution in [3.8, 4) is 0 Å². The van der Waals surface area contributed by atoms with Crippen LogP contribution in [0, 0.1) is 11.3 Å². The molecule has 0 aliphatic rings. The van der Waals surface area contributed by atoms with Crippen LogP contribution < -0.4 is 0 Å². The van der Waals surface area contributed by atoms with E-state index < -0.39 is 0 Å². The standard InChI is InChI=1S/C44H87NO5/c1-6-9-12-15-16-20-28-39-49-42(47)31-24-18-17-19-26-35-45(37-38-46)36-27-21-25-34-44(4,5)40-50-43(48)33-32-41(29-22-13-10-7-2)30-23-14-11-8-3/h41,46H,6-40H2,1-5H3. The largest absolute Gasteiger partial charge is 0.466 e. The Balaban J connectivity index is 4.02. The maximum absolute atomic E-state index is 12.7. The SMILES string of the molecule is CCCCCCCCCOC(=O)CCCCCCCN(CCO)CCCCCC(C)(C)COC(=O)CCC(CCCCCC)CCCCCC. The number of rotatable bonds is 39. The van der Waals surface area contributed by atoms with Gasteiger partial charge in [-0.3, -0.25) is 9.59 Å². The number of esters is 2. The Morgan fingerprint density at radius 1 is 0.540 bits per heavy atom. The zero-order valence-electron chi connectivity index (χ0n) is 34.4. The second kappa shape index (κ2) is 36.2. The molecule has 298 valence electrons. The Labute approximate surface area is 312 Å². The van der Waals surface area contributed by atoms with Crippen molar-refractivity contribution < 1.29 is 24.2 Å². The average Bonchev–Trinajstić information content (AvgIpc) is 3.10. The van der Waals surface area contributed by atoms with Crippen LogP contribution in [0.4, 0.5) is 0 Å². The van der Waals surface area contributed by atoms with Crippen LogP contribution >= 0.6 is 0 Å². The molecule has 0 aromatic carbocycles. The number of aliphatic hydroxyl groups excluding tert-OH is 1. The molecule has 0 aromatic heterocycles. The monoisotopic (exact) mass is 710 g/mol. The van der Waals surface area contributed by atoms with E-state index in [0.717, 1.165) is 83.8 Å². The minimum absolute atomic E-state index is 0.00441. The minimum atomic E-state index is -0.0326. The lowest BCUT2D eigenvalue weighted by Crippen LogP contribution is -2.29. The van der Waals surface area contributed by atoms with E-state index in [4.69, 9.17) is 9.47 Å². The van der Waals surface area contributed by atoms with Gasteiger partial charge in [0.1, 0.15) is 0 Å². The maximum Gasteiger partial charge on any atom is 0.305 e. The smallest absolute Gasteiger partial charge is 0.305 e. The summed E-state index contributed by atoms with van der Waals surface area (Å²) in [5, 5.41) is 9.57. The summed E-state index contributed by atoms with van der Waals surface area (Å²) < 4.78 is 11.2. The third-order valence-electron chi connectivity index (χ3n) is 10.4. The lowest BCUT2D eigenvalue weighted by Gasteiger charge is -2.25. The molecule has 6 heteroatoms. The molecule has 0 unspecified atom stereocenters. The molecule has 0 amide bonds. The number of hydrogen-bond donors (Lipinski definition) is 1. The van der Waals surface area contributed by atoms with Gasteiger partial charge in [0.25, 0.3) is 0 Å². The van der Waals surface area contributed by atoms with Crippen molar-refractivity contribution in [2.45, 2.75) is 221 Å². The van der Waals surface area contributed by atoms with Gasteiger partial charge in [0.15, 0.2) is 0 Å². The van der Waals surface area contributed by atoms with E-state index in [1.807, 2.05) is 0 Å². The summed E-state index contributed by atoms with van der Waals surface area (Å²) in [5.41, 5.74) is 0.00441. The van der Waals surface area contributed by atoms with E-state index in [-0.39, 0.29) is 24.0 Å². The Morgan fingerprint density at radius 2 is 1.02 bits per heavy atom. The molecule has 0 saturated carbocycles. The number of hydrogen-bond acceptors (Lipinski definition) is 6. The lowest BCUT2D eigenvalue weighted by molar-refractivity contribution is -0.147. The van der Waals surface area contributed by atoms with E-state index in [1.165, 1.54) is 109 Å². The first-order valence-electron chi connectivity index (χ1n) is 21.9. The molecule has 0 radical (unpaired) electrons. The lowest BCUT2D eigenvalue weighted by atomic mass is 9.88. The number of nitrogens with zero attached hydrogens (tertiary/aromatic N) is 1. The highest BCUT2D eigenvalue weighted by molar-refractivity contribution is 5.69. The Morgan fingerprint density at radius 3 is 1.60 bits per heavy atom. The van der Waals surface area contributed by atoms with Crippen LogP contribution in [0.15, 0.2) is 0 Å². The summed E-state index contributed by atoms with van der Waals surface area (Å²) in [6.07, 6.45) is 33.7. The van der Waals surface area contributed by atoms with Gasteiger partial charge in [-0.1, -0.05) is 169 Å². The molecular formula is C44H87NO5. The van der Waals surface area contributed by atoms with E-state index >= 15 is 0 Å². The normalized spacial score (nSPS) is 11.9. The molecule has 0 fully saturated rings. The zero-order valence-corrected chi connectivity index (χ0v) is 34.4. The second-order valence-electron chi connectivity index (χ2n) is 16.2. The van der Waals surface area contributed by atoms with Crippen molar-refractivity contribution in [3.05, 3.63) is 0 Å². The van der Waals surface area contributed by atoms with Gasteiger partial charge in [0.05, 0.1) is 19.8 Å². The quantitative estimate of drug-likeness (QED) is 0.0506. The Bertz CT molecular complexity index is 730. The van der Waals surface area contributed by atoms with E-state index in [1.54, 1.807) is 0 Å². The topological polar surface area (TPSA) is 76.1 Å². The number of ether oxygens (including phenoxy) is 2. The predicted octanol–water partition coefficient (Wildman–Crippen LogP) is 12.4. The third-order valence-corrected chi connectivity index (χ3v) is 10.4. The van der Waals surface area contributed by atoms with Crippen molar-refractivity contribution in [1.82, 2.24) is 4.90 Å². The summed E-state index contributed by atoms with van der Waals surface area (Å²) in [5.74, 6) is 0.623. The molecule has 6 nitrogen and oxygen atoms in total. The summed E-state index contributed by atoms with van der Waals surface area (Å²) >= 11 is 0. The van der Waals surface area contributed by atoms with Crippen LogP contribution in [0.3, 0.4) is 0 Å². The molecule has 0 bridgehead atoms.